The maximum Gasteiger partial charge on any atom is 0.433 e. The van der Waals surface area contributed by atoms with Gasteiger partial charge in [-0.3, -0.25) is 9.36 Å². The average molecular weight is 465 g/mol. The van der Waals surface area contributed by atoms with Crippen molar-refractivity contribution in [2.75, 3.05) is 0 Å². The number of nitrogens with two attached hydrogens (primary N) is 1. The number of carbonyl (C=O) groups is 1. The number of aryl methyl sites for hydroxylation is 2. The van der Waals surface area contributed by atoms with Gasteiger partial charge >= 0.3 is 6.09 Å². The van der Waals surface area contributed by atoms with Gasteiger partial charge in [-0.2, -0.15) is 4.99 Å². The summed E-state index contributed by atoms with van der Waals surface area (Å²) in [5.41, 5.74) is 9.72. The van der Waals surface area contributed by atoms with Crippen molar-refractivity contribution in [2.45, 2.75) is 60.9 Å². The van der Waals surface area contributed by atoms with Crippen LogP contribution in [-0.2, 0) is 13.0 Å². The van der Waals surface area contributed by atoms with Crippen LogP contribution in [0.25, 0.3) is 11.1 Å². The lowest BCUT2D eigenvalue weighted by Crippen LogP contribution is -2.25. The van der Waals surface area contributed by atoms with E-state index in [1.165, 1.54) is 0 Å². The molecule has 7 nitrogen and oxygen atoms in total. The monoisotopic (exact) mass is 464 g/mol. The molecule has 7 heteroatoms. The second-order valence-electron chi connectivity index (χ2n) is 7.01. The number of hydrogen-bond acceptors (Lipinski definition) is 3. The number of rotatable bonds is 6. The summed E-state index contributed by atoms with van der Waals surface area (Å²) < 4.78 is 1.71. The molecule has 3 N–H and O–H groups in total. The van der Waals surface area contributed by atoms with Gasteiger partial charge in [-0.1, -0.05) is 83.1 Å². The fraction of sp³-hybridized carbons (Fsp3) is 0.333. The Balaban J connectivity index is 0.00000137. The van der Waals surface area contributed by atoms with Crippen molar-refractivity contribution in [2.24, 2.45) is 10.7 Å². The molecule has 0 unspecified atom stereocenters. The third-order valence-corrected chi connectivity index (χ3v) is 4.71. The van der Waals surface area contributed by atoms with E-state index in [0.717, 1.165) is 41.1 Å². The van der Waals surface area contributed by atoms with Crippen LogP contribution in [-0.4, -0.2) is 26.6 Å². The van der Waals surface area contributed by atoms with Gasteiger partial charge in [0.2, 0.25) is 0 Å². The van der Waals surface area contributed by atoms with E-state index in [2.05, 4.69) is 16.9 Å². The summed E-state index contributed by atoms with van der Waals surface area (Å²) in [6, 6.07) is 16.5. The van der Waals surface area contributed by atoms with Crippen molar-refractivity contribution in [3.05, 3.63) is 87.6 Å². The van der Waals surface area contributed by atoms with Gasteiger partial charge in [0.1, 0.15) is 11.7 Å². The molecule has 1 aromatic heterocycles. The van der Waals surface area contributed by atoms with Crippen LogP contribution in [0, 0.1) is 6.92 Å². The molecule has 0 saturated heterocycles. The quantitative estimate of drug-likeness (QED) is 0.361. The minimum atomic E-state index is -1.34. The predicted molar refractivity (Wildman–Crippen MR) is 140 cm³/mol. The van der Waals surface area contributed by atoms with E-state index in [1.807, 2.05) is 71.0 Å². The first-order valence-electron chi connectivity index (χ1n) is 11.7. The van der Waals surface area contributed by atoms with Crippen LogP contribution in [0.2, 0.25) is 0 Å². The Labute approximate surface area is 202 Å². The van der Waals surface area contributed by atoms with Crippen molar-refractivity contribution in [1.82, 2.24) is 9.55 Å². The highest BCUT2D eigenvalue weighted by Crippen LogP contribution is 2.24. The van der Waals surface area contributed by atoms with Crippen LogP contribution < -0.4 is 11.3 Å². The normalized spacial score (nSPS) is 10.5. The Morgan fingerprint density at radius 3 is 2.26 bits per heavy atom. The third kappa shape index (κ3) is 7.69. The molecule has 0 aliphatic heterocycles. The number of benzene rings is 2. The second-order valence-corrected chi connectivity index (χ2v) is 7.01. The molecule has 0 saturated carbocycles. The summed E-state index contributed by atoms with van der Waals surface area (Å²) >= 11 is 0. The maximum atomic E-state index is 12.5. The van der Waals surface area contributed by atoms with E-state index in [-0.39, 0.29) is 11.4 Å². The Hall–Kier alpha value is -3.74. The van der Waals surface area contributed by atoms with Crippen molar-refractivity contribution in [1.29, 1.82) is 0 Å². The number of aromatic nitrogens is 2. The van der Waals surface area contributed by atoms with Crippen LogP contribution in [0.15, 0.2) is 64.4 Å². The largest absolute Gasteiger partial charge is 0.463 e. The van der Waals surface area contributed by atoms with E-state index in [1.54, 1.807) is 22.8 Å². The fourth-order valence-electron chi connectivity index (χ4n) is 3.36. The highest BCUT2D eigenvalue weighted by atomic mass is 16.4. The van der Waals surface area contributed by atoms with Crippen LogP contribution in [0.5, 0.6) is 0 Å². The smallest absolute Gasteiger partial charge is 0.433 e. The van der Waals surface area contributed by atoms with E-state index < -0.39 is 6.09 Å². The molecule has 182 valence electrons. The SMILES string of the molecule is CC.CC.CCCc1nc(C)cc(=O)n1Cc1ccc(-c2ccccc2/C(N)=N/C(=O)O)cc1. The topological polar surface area (TPSA) is 111 Å². The molecule has 0 spiro atoms. The first kappa shape index (κ1) is 28.3. The van der Waals surface area contributed by atoms with Gasteiger partial charge in [-0.25, -0.2) is 9.78 Å². The molecule has 0 aliphatic carbocycles. The van der Waals surface area contributed by atoms with E-state index in [4.69, 9.17) is 10.8 Å². The van der Waals surface area contributed by atoms with E-state index >= 15 is 0 Å². The molecular weight excluding hydrogens is 428 g/mol. The minimum absolute atomic E-state index is 0.0522. The lowest BCUT2D eigenvalue weighted by atomic mass is 9.98. The third-order valence-electron chi connectivity index (χ3n) is 4.71. The fourth-order valence-corrected chi connectivity index (χ4v) is 3.36. The second kappa shape index (κ2) is 14.4. The standard InChI is InChI=1S/C23H24N4O3.2C2H6/c1-3-6-20-25-15(2)13-21(28)27(20)14-16-9-11-17(12-10-16)18-7-4-5-8-19(18)22(24)26-23(29)30;2*1-2/h4-5,7-13H,3,6,14H2,1-2H3,(H2,24,26)(H,29,30);2*1-2H3. The number of amidine groups is 1. The Morgan fingerprint density at radius 2 is 1.68 bits per heavy atom. The zero-order valence-corrected chi connectivity index (χ0v) is 21.0. The number of aliphatic imine (C=N–C) groups is 1. The molecule has 34 heavy (non-hydrogen) atoms. The zero-order valence-electron chi connectivity index (χ0n) is 21.0. The number of amides is 1. The van der Waals surface area contributed by atoms with Crippen LogP contribution in [0.4, 0.5) is 4.79 Å². The summed E-state index contributed by atoms with van der Waals surface area (Å²) in [6.07, 6.45) is 0.313. The van der Waals surface area contributed by atoms with Crippen molar-refractivity contribution < 1.29 is 9.90 Å². The first-order chi connectivity index (χ1) is 16.4. The summed E-state index contributed by atoms with van der Waals surface area (Å²) in [6.45, 7) is 12.3. The Morgan fingerprint density at radius 1 is 1.06 bits per heavy atom. The summed E-state index contributed by atoms with van der Waals surface area (Å²) in [5.74, 6) is 0.734. The predicted octanol–water partition coefficient (Wildman–Crippen LogP) is 5.66. The van der Waals surface area contributed by atoms with Gasteiger partial charge in [-0.15, -0.1) is 0 Å². The van der Waals surface area contributed by atoms with Crippen LogP contribution in [0.3, 0.4) is 0 Å². The summed E-state index contributed by atoms with van der Waals surface area (Å²) in [5, 5.41) is 8.88. The average Bonchev–Trinajstić information content (AvgIpc) is 2.84. The molecule has 0 fully saturated rings. The maximum absolute atomic E-state index is 12.5. The molecule has 3 rings (SSSR count). The molecule has 1 amide bonds. The van der Waals surface area contributed by atoms with Gasteiger partial charge in [0.05, 0.1) is 6.54 Å². The Kier molecular flexibility index (Phi) is 12.0. The van der Waals surface area contributed by atoms with Gasteiger partial charge in [0.25, 0.3) is 5.56 Å². The molecular formula is C27H36N4O3. The number of carboxylic acid groups (broad SMARTS) is 1. The summed E-state index contributed by atoms with van der Waals surface area (Å²) in [7, 11) is 0. The molecule has 2 aromatic carbocycles. The number of hydrogen-bond donors (Lipinski definition) is 2. The zero-order chi connectivity index (χ0) is 25.7. The number of nitrogens with zero attached hydrogens (tertiary/aromatic N) is 3. The van der Waals surface area contributed by atoms with Crippen LogP contribution in [0.1, 0.15) is 63.7 Å². The van der Waals surface area contributed by atoms with Crippen molar-refractivity contribution in [3.8, 4) is 11.1 Å². The Bertz CT molecular complexity index is 1150. The van der Waals surface area contributed by atoms with Gasteiger partial charge in [-0.05, 0) is 30.0 Å². The molecule has 0 bridgehead atoms. The van der Waals surface area contributed by atoms with Gasteiger partial charge in [0, 0.05) is 23.7 Å². The highest BCUT2D eigenvalue weighted by Gasteiger charge is 2.11. The lowest BCUT2D eigenvalue weighted by molar-refractivity contribution is 0.205. The highest BCUT2D eigenvalue weighted by molar-refractivity contribution is 6.07. The molecule has 0 aliphatic rings. The lowest BCUT2D eigenvalue weighted by Gasteiger charge is -2.13. The minimum Gasteiger partial charge on any atom is -0.463 e. The van der Waals surface area contributed by atoms with Crippen LogP contribution >= 0.6 is 0 Å². The molecule has 1 heterocycles. The first-order valence-corrected chi connectivity index (χ1v) is 11.7. The van der Waals surface area contributed by atoms with Gasteiger partial charge in [0.15, 0.2) is 0 Å². The molecule has 0 atom stereocenters. The van der Waals surface area contributed by atoms with Crippen molar-refractivity contribution in [3.63, 3.8) is 0 Å². The molecule has 0 radical (unpaired) electrons. The van der Waals surface area contributed by atoms with Crippen molar-refractivity contribution >= 4 is 11.9 Å². The van der Waals surface area contributed by atoms with E-state index in [0.29, 0.717) is 12.1 Å². The summed E-state index contributed by atoms with van der Waals surface area (Å²) in [4.78, 5) is 31.3. The van der Waals surface area contributed by atoms with E-state index in [9.17, 15) is 9.59 Å². The van der Waals surface area contributed by atoms with Gasteiger partial charge < -0.3 is 10.8 Å². The molecule has 3 aromatic rings.